The van der Waals surface area contributed by atoms with Gasteiger partial charge in [0.05, 0.1) is 18.2 Å². The molecule has 1 aromatic rings. The van der Waals surface area contributed by atoms with E-state index in [1.165, 1.54) is 5.56 Å². The van der Waals surface area contributed by atoms with E-state index < -0.39 is 6.04 Å². The Morgan fingerprint density at radius 3 is 2.40 bits per heavy atom. The van der Waals surface area contributed by atoms with E-state index in [9.17, 15) is 9.59 Å². The van der Waals surface area contributed by atoms with Crippen LogP contribution in [0.1, 0.15) is 63.6 Å². The van der Waals surface area contributed by atoms with Crippen LogP contribution >= 0.6 is 0 Å². The molecule has 2 heterocycles. The van der Waals surface area contributed by atoms with Crippen molar-refractivity contribution in [3.05, 3.63) is 46.7 Å². The average molecular weight is 414 g/mol. The maximum atomic E-state index is 13.0. The van der Waals surface area contributed by atoms with Crippen LogP contribution in [-0.4, -0.2) is 55.1 Å². The van der Waals surface area contributed by atoms with Gasteiger partial charge in [0.25, 0.3) is 0 Å². The Morgan fingerprint density at radius 2 is 1.83 bits per heavy atom. The second kappa shape index (κ2) is 9.65. The summed E-state index contributed by atoms with van der Waals surface area (Å²) in [6.45, 7) is 11.2. The minimum absolute atomic E-state index is 0.193. The number of esters is 1. The van der Waals surface area contributed by atoms with Crippen LogP contribution in [0.15, 0.2) is 35.5 Å². The molecular weight excluding hydrogens is 378 g/mol. The van der Waals surface area contributed by atoms with Gasteiger partial charge in [0, 0.05) is 19.3 Å². The number of urea groups is 1. The average Bonchev–Trinajstić information content (AvgIpc) is 2.73. The van der Waals surface area contributed by atoms with Crippen LogP contribution < -0.4 is 5.32 Å². The number of likely N-dealkylation sites (N-methyl/N-ethyl adjacent to an activating group) is 1. The van der Waals surface area contributed by atoms with Crippen LogP contribution in [0, 0.1) is 5.92 Å². The van der Waals surface area contributed by atoms with Crippen molar-refractivity contribution in [2.24, 2.45) is 5.92 Å². The summed E-state index contributed by atoms with van der Waals surface area (Å²) in [5.41, 5.74) is 3.40. The first-order valence-corrected chi connectivity index (χ1v) is 11.1. The van der Waals surface area contributed by atoms with Crippen molar-refractivity contribution in [3.63, 3.8) is 0 Å². The summed E-state index contributed by atoms with van der Waals surface area (Å²) in [6.07, 6.45) is 2.27. The molecule has 0 saturated carbocycles. The molecule has 1 unspecified atom stereocenters. The number of piperidine rings is 1. The van der Waals surface area contributed by atoms with Gasteiger partial charge in [-0.15, -0.1) is 0 Å². The summed E-state index contributed by atoms with van der Waals surface area (Å²) >= 11 is 0. The SMILES string of the molecule is CCOC(=O)C1=C(CN2CCC(C)CC2)N(C)C(=O)NC1c1ccc(C(C)C)cc1. The van der Waals surface area contributed by atoms with Crippen LogP contribution in [0.4, 0.5) is 4.79 Å². The minimum Gasteiger partial charge on any atom is -0.463 e. The van der Waals surface area contributed by atoms with Crippen molar-refractivity contribution in [2.75, 3.05) is 33.3 Å². The molecule has 0 radical (unpaired) electrons. The Kier molecular flexibility index (Phi) is 7.19. The zero-order chi connectivity index (χ0) is 21.8. The molecule has 2 aliphatic rings. The molecule has 0 bridgehead atoms. The number of hydrogen-bond acceptors (Lipinski definition) is 4. The van der Waals surface area contributed by atoms with Gasteiger partial charge in [0.2, 0.25) is 0 Å². The second-order valence-corrected chi connectivity index (χ2v) is 8.80. The highest BCUT2D eigenvalue weighted by Crippen LogP contribution is 2.32. The van der Waals surface area contributed by atoms with Crippen molar-refractivity contribution >= 4 is 12.0 Å². The van der Waals surface area contributed by atoms with Gasteiger partial charge >= 0.3 is 12.0 Å². The van der Waals surface area contributed by atoms with Crippen LogP contribution in [0.5, 0.6) is 0 Å². The third-order valence-electron chi connectivity index (χ3n) is 6.26. The summed E-state index contributed by atoms with van der Waals surface area (Å²) in [5, 5.41) is 3.00. The molecule has 6 nitrogen and oxygen atoms in total. The highest BCUT2D eigenvalue weighted by molar-refractivity contribution is 5.95. The molecule has 2 aliphatic heterocycles. The van der Waals surface area contributed by atoms with Gasteiger partial charge in [-0.3, -0.25) is 9.80 Å². The standard InChI is InChI=1S/C24H35N3O3/c1-6-30-23(28)21-20(15-27-13-11-17(4)12-14-27)26(5)24(29)25-22(21)19-9-7-18(8-10-19)16(2)3/h7-10,16-17,22H,6,11-15H2,1-5H3,(H,25,29). The highest BCUT2D eigenvalue weighted by atomic mass is 16.5. The number of benzene rings is 1. The molecule has 30 heavy (non-hydrogen) atoms. The normalized spacial score (nSPS) is 21.2. The number of carbonyl (C=O) groups is 2. The van der Waals surface area contributed by atoms with Gasteiger partial charge in [-0.1, -0.05) is 45.0 Å². The van der Waals surface area contributed by atoms with E-state index in [-0.39, 0.29) is 12.0 Å². The van der Waals surface area contributed by atoms with Crippen LogP contribution in [0.2, 0.25) is 0 Å². The highest BCUT2D eigenvalue weighted by Gasteiger charge is 2.37. The fraction of sp³-hybridized carbons (Fsp3) is 0.583. The Balaban J connectivity index is 1.99. The van der Waals surface area contributed by atoms with Crippen molar-refractivity contribution in [3.8, 4) is 0 Å². The van der Waals surface area contributed by atoms with E-state index in [2.05, 4.69) is 43.1 Å². The number of likely N-dealkylation sites (tertiary alicyclic amines) is 1. The van der Waals surface area contributed by atoms with E-state index in [0.29, 0.717) is 24.6 Å². The van der Waals surface area contributed by atoms with E-state index in [4.69, 9.17) is 4.74 Å². The molecule has 0 aromatic heterocycles. The van der Waals surface area contributed by atoms with Crippen LogP contribution in [0.3, 0.4) is 0 Å². The molecule has 1 aromatic carbocycles. The molecule has 6 heteroatoms. The lowest BCUT2D eigenvalue weighted by Gasteiger charge is -2.38. The maximum Gasteiger partial charge on any atom is 0.338 e. The van der Waals surface area contributed by atoms with Gasteiger partial charge in [0.1, 0.15) is 0 Å². The number of hydrogen-bond donors (Lipinski definition) is 1. The lowest BCUT2D eigenvalue weighted by atomic mass is 9.92. The minimum atomic E-state index is -0.507. The van der Waals surface area contributed by atoms with Crippen molar-refractivity contribution in [2.45, 2.75) is 52.5 Å². The van der Waals surface area contributed by atoms with Gasteiger partial charge in [0.15, 0.2) is 0 Å². The molecule has 2 amide bonds. The van der Waals surface area contributed by atoms with E-state index in [1.807, 2.05) is 19.1 Å². The number of ether oxygens (including phenoxy) is 1. The number of nitrogens with zero attached hydrogens (tertiary/aromatic N) is 2. The molecule has 1 fully saturated rings. The summed E-state index contributed by atoms with van der Waals surface area (Å²) in [5.74, 6) is 0.783. The predicted molar refractivity (Wildman–Crippen MR) is 118 cm³/mol. The molecule has 3 rings (SSSR count). The monoisotopic (exact) mass is 413 g/mol. The number of nitrogens with one attached hydrogen (secondary N) is 1. The van der Waals surface area contributed by atoms with Crippen molar-refractivity contribution < 1.29 is 14.3 Å². The Hall–Kier alpha value is -2.34. The van der Waals surface area contributed by atoms with Crippen LogP contribution in [-0.2, 0) is 9.53 Å². The summed E-state index contributed by atoms with van der Waals surface area (Å²) in [7, 11) is 1.73. The molecule has 1 saturated heterocycles. The third kappa shape index (κ3) is 4.86. The first-order valence-electron chi connectivity index (χ1n) is 11.1. The first-order chi connectivity index (χ1) is 14.3. The number of rotatable bonds is 6. The maximum absolute atomic E-state index is 13.0. The van der Waals surface area contributed by atoms with Gasteiger partial charge in [-0.2, -0.15) is 0 Å². The Labute approximate surface area is 180 Å². The Bertz CT molecular complexity index is 792. The summed E-state index contributed by atoms with van der Waals surface area (Å²) in [6, 6.07) is 7.45. The molecule has 0 spiro atoms. The number of carbonyl (C=O) groups excluding carboxylic acids is 2. The van der Waals surface area contributed by atoms with Gasteiger partial charge < -0.3 is 10.1 Å². The summed E-state index contributed by atoms with van der Waals surface area (Å²) < 4.78 is 5.42. The molecule has 1 atom stereocenters. The van der Waals surface area contributed by atoms with Crippen molar-refractivity contribution in [1.82, 2.24) is 15.1 Å². The molecule has 0 aliphatic carbocycles. The predicted octanol–water partition coefficient (Wildman–Crippen LogP) is 4.06. The lowest BCUT2D eigenvalue weighted by Crippen LogP contribution is -2.50. The molecule has 164 valence electrons. The van der Waals surface area contributed by atoms with E-state index in [1.54, 1.807) is 11.9 Å². The summed E-state index contributed by atoms with van der Waals surface area (Å²) in [4.78, 5) is 29.7. The Morgan fingerprint density at radius 1 is 1.20 bits per heavy atom. The quantitative estimate of drug-likeness (QED) is 0.715. The topological polar surface area (TPSA) is 61.9 Å². The van der Waals surface area contributed by atoms with E-state index >= 15 is 0 Å². The fourth-order valence-electron chi connectivity index (χ4n) is 4.15. The first kappa shape index (κ1) is 22.3. The zero-order valence-corrected chi connectivity index (χ0v) is 18.9. The zero-order valence-electron chi connectivity index (χ0n) is 18.9. The smallest absolute Gasteiger partial charge is 0.338 e. The molecule has 1 N–H and O–H groups in total. The fourth-order valence-corrected chi connectivity index (χ4v) is 4.15. The largest absolute Gasteiger partial charge is 0.463 e. The lowest BCUT2D eigenvalue weighted by molar-refractivity contribution is -0.139. The van der Waals surface area contributed by atoms with E-state index in [0.717, 1.165) is 43.1 Å². The second-order valence-electron chi connectivity index (χ2n) is 8.80. The van der Waals surface area contributed by atoms with Crippen molar-refractivity contribution in [1.29, 1.82) is 0 Å². The van der Waals surface area contributed by atoms with Gasteiger partial charge in [-0.25, -0.2) is 9.59 Å². The third-order valence-corrected chi connectivity index (χ3v) is 6.26. The van der Waals surface area contributed by atoms with Gasteiger partial charge in [-0.05, 0) is 55.8 Å². The number of amides is 2. The van der Waals surface area contributed by atoms with Crippen LogP contribution in [0.25, 0.3) is 0 Å². The molecular formula is C24H35N3O3.